The highest BCUT2D eigenvalue weighted by Gasteiger charge is 2.41. The number of nitro benzene ring substituents is 1. The summed E-state index contributed by atoms with van der Waals surface area (Å²) in [6.45, 7) is 4.20. The maximum atomic E-state index is 12.1. The first-order chi connectivity index (χ1) is 9.97. The molecule has 1 aliphatic heterocycles. The van der Waals surface area contributed by atoms with Gasteiger partial charge in [0.2, 0.25) is 5.91 Å². The van der Waals surface area contributed by atoms with Gasteiger partial charge in [0.25, 0.3) is 5.69 Å². The van der Waals surface area contributed by atoms with E-state index in [-0.39, 0.29) is 28.7 Å². The van der Waals surface area contributed by atoms with E-state index in [4.69, 9.17) is 0 Å². The number of carbonyl (C=O) groups excluding carboxylic acids is 1. The lowest BCUT2D eigenvalue weighted by Gasteiger charge is -2.42. The van der Waals surface area contributed by atoms with Gasteiger partial charge < -0.3 is 4.90 Å². The molecule has 1 aliphatic carbocycles. The van der Waals surface area contributed by atoms with Crippen LogP contribution in [0.3, 0.4) is 0 Å². The molecule has 1 unspecified atom stereocenters. The van der Waals surface area contributed by atoms with E-state index in [1.165, 1.54) is 0 Å². The molecule has 2 aliphatic rings. The quantitative estimate of drug-likeness (QED) is 0.683. The summed E-state index contributed by atoms with van der Waals surface area (Å²) < 4.78 is 0. The van der Waals surface area contributed by atoms with Crippen LogP contribution in [-0.4, -0.2) is 28.3 Å². The van der Waals surface area contributed by atoms with Crippen LogP contribution < -0.4 is 5.32 Å². The van der Waals surface area contributed by atoms with Gasteiger partial charge in [-0.05, 0) is 31.2 Å². The summed E-state index contributed by atoms with van der Waals surface area (Å²) in [6, 6.07) is 5.46. The third kappa shape index (κ3) is 2.40. The van der Waals surface area contributed by atoms with E-state index in [9.17, 15) is 14.9 Å². The molecule has 0 radical (unpaired) electrons. The van der Waals surface area contributed by atoms with Gasteiger partial charge in [0, 0.05) is 17.7 Å². The van der Waals surface area contributed by atoms with Crippen molar-refractivity contribution in [2.45, 2.75) is 38.9 Å². The second kappa shape index (κ2) is 5.11. The molecule has 1 heterocycles. The third-order valence-corrected chi connectivity index (χ3v) is 4.50. The Hall–Kier alpha value is -1.95. The zero-order valence-electron chi connectivity index (χ0n) is 12.2. The summed E-state index contributed by atoms with van der Waals surface area (Å²) in [5.74, 6) is 0.733. The molecule has 1 saturated heterocycles. The smallest absolute Gasteiger partial charge is 0.272 e. The minimum Gasteiger partial charge on any atom is -0.319 e. The van der Waals surface area contributed by atoms with Crippen molar-refractivity contribution in [3.8, 4) is 0 Å². The molecule has 2 fully saturated rings. The van der Waals surface area contributed by atoms with Gasteiger partial charge in [-0.3, -0.25) is 20.2 Å². The number of nitrogens with zero attached hydrogens (tertiary/aromatic N) is 2. The molecule has 3 rings (SSSR count). The van der Waals surface area contributed by atoms with Gasteiger partial charge in [-0.1, -0.05) is 19.1 Å². The van der Waals surface area contributed by atoms with Crippen molar-refractivity contribution in [3.63, 3.8) is 0 Å². The Morgan fingerprint density at radius 3 is 2.71 bits per heavy atom. The first-order valence-corrected chi connectivity index (χ1v) is 7.27. The molecule has 6 heteroatoms. The van der Waals surface area contributed by atoms with Crippen LogP contribution in [0.25, 0.3) is 0 Å². The summed E-state index contributed by atoms with van der Waals surface area (Å²) >= 11 is 0. The summed E-state index contributed by atoms with van der Waals surface area (Å²) in [4.78, 5) is 24.7. The fourth-order valence-electron chi connectivity index (χ4n) is 3.29. The van der Waals surface area contributed by atoms with E-state index in [0.717, 1.165) is 18.4 Å². The van der Waals surface area contributed by atoms with Gasteiger partial charge in [0.1, 0.15) is 6.17 Å². The second-order valence-corrected chi connectivity index (χ2v) is 6.12. The maximum Gasteiger partial charge on any atom is 0.272 e. The van der Waals surface area contributed by atoms with Crippen LogP contribution in [0, 0.1) is 23.0 Å². The number of hydrogen-bond acceptors (Lipinski definition) is 4. The third-order valence-electron chi connectivity index (χ3n) is 4.50. The predicted molar refractivity (Wildman–Crippen MR) is 77.6 cm³/mol. The van der Waals surface area contributed by atoms with Crippen molar-refractivity contribution in [3.05, 3.63) is 39.4 Å². The van der Waals surface area contributed by atoms with E-state index in [2.05, 4.69) is 12.2 Å². The Labute approximate surface area is 123 Å². The number of hydrogen-bond donors (Lipinski definition) is 1. The molecule has 0 spiro atoms. The van der Waals surface area contributed by atoms with E-state index in [1.54, 1.807) is 19.1 Å². The fraction of sp³-hybridized carbons (Fsp3) is 0.533. The number of benzene rings is 1. The Kier molecular flexibility index (Phi) is 3.41. The fourth-order valence-corrected chi connectivity index (χ4v) is 3.29. The molecular weight excluding hydrogens is 270 g/mol. The Balaban J connectivity index is 1.90. The van der Waals surface area contributed by atoms with Crippen LogP contribution in [0.15, 0.2) is 18.2 Å². The van der Waals surface area contributed by atoms with Crippen molar-refractivity contribution >= 4 is 11.6 Å². The summed E-state index contributed by atoms with van der Waals surface area (Å²) in [5, 5.41) is 14.3. The number of rotatable bonds is 3. The van der Waals surface area contributed by atoms with Gasteiger partial charge in [-0.15, -0.1) is 0 Å². The number of nitrogens with one attached hydrogen (secondary N) is 1. The van der Waals surface area contributed by atoms with Crippen molar-refractivity contribution in [2.75, 3.05) is 6.54 Å². The Morgan fingerprint density at radius 1 is 1.38 bits per heavy atom. The number of aryl methyl sites for hydroxylation is 1. The van der Waals surface area contributed by atoms with Crippen LogP contribution in [0.2, 0.25) is 0 Å². The molecule has 1 aromatic rings. The molecular formula is C15H19N3O3. The molecule has 1 saturated carbocycles. The topological polar surface area (TPSA) is 75.5 Å². The van der Waals surface area contributed by atoms with Crippen molar-refractivity contribution < 1.29 is 9.72 Å². The molecule has 112 valence electrons. The summed E-state index contributed by atoms with van der Waals surface area (Å²) in [5.41, 5.74) is 1.53. The van der Waals surface area contributed by atoms with E-state index in [1.807, 2.05) is 11.0 Å². The molecule has 0 aromatic heterocycles. The normalized spacial score (nSPS) is 28.6. The molecule has 0 bridgehead atoms. The lowest BCUT2D eigenvalue weighted by molar-refractivity contribution is -0.385. The van der Waals surface area contributed by atoms with E-state index < -0.39 is 0 Å². The maximum absolute atomic E-state index is 12.1. The van der Waals surface area contributed by atoms with Crippen LogP contribution >= 0.6 is 0 Å². The predicted octanol–water partition coefficient (Wildman–Crippen LogP) is 2.13. The minimum atomic E-state index is -0.370. The van der Waals surface area contributed by atoms with Gasteiger partial charge >= 0.3 is 0 Å². The first-order valence-electron chi connectivity index (χ1n) is 7.27. The average Bonchev–Trinajstić information content (AvgIpc) is 2.77. The Bertz CT molecular complexity index is 596. The molecule has 1 aromatic carbocycles. The van der Waals surface area contributed by atoms with Crippen molar-refractivity contribution in [1.82, 2.24) is 10.2 Å². The Morgan fingerprint density at radius 2 is 2.10 bits per heavy atom. The lowest BCUT2D eigenvalue weighted by atomic mass is 9.80. The summed E-state index contributed by atoms with van der Waals surface area (Å²) in [7, 11) is 0. The standard InChI is InChI=1S/C15H19N3O3/c1-9-5-12(6-9)17-14(19)8-16-15(17)11-4-3-10(2)13(7-11)18(20)21/h3-4,7,9,12,15-16H,5-6,8H2,1-2H3. The zero-order chi connectivity index (χ0) is 15.1. The zero-order valence-corrected chi connectivity index (χ0v) is 12.2. The van der Waals surface area contributed by atoms with Crippen molar-refractivity contribution in [2.24, 2.45) is 5.92 Å². The lowest BCUT2D eigenvalue weighted by Crippen LogP contribution is -2.46. The molecule has 1 amide bonds. The van der Waals surface area contributed by atoms with Gasteiger partial charge in [0.05, 0.1) is 11.5 Å². The molecule has 21 heavy (non-hydrogen) atoms. The van der Waals surface area contributed by atoms with Crippen LogP contribution in [-0.2, 0) is 4.79 Å². The van der Waals surface area contributed by atoms with Gasteiger partial charge in [-0.2, -0.15) is 0 Å². The molecule has 1 N–H and O–H groups in total. The molecule has 6 nitrogen and oxygen atoms in total. The van der Waals surface area contributed by atoms with E-state index in [0.29, 0.717) is 18.0 Å². The van der Waals surface area contributed by atoms with Crippen molar-refractivity contribution in [1.29, 1.82) is 0 Å². The number of nitro groups is 1. The monoisotopic (exact) mass is 289 g/mol. The van der Waals surface area contributed by atoms with E-state index >= 15 is 0 Å². The van der Waals surface area contributed by atoms with Gasteiger partial charge in [0.15, 0.2) is 0 Å². The number of amides is 1. The highest BCUT2D eigenvalue weighted by molar-refractivity contribution is 5.81. The molecule has 1 atom stereocenters. The van der Waals surface area contributed by atoms with Crippen LogP contribution in [0.1, 0.15) is 37.1 Å². The SMILES string of the molecule is Cc1ccc(C2NCC(=O)N2C2CC(C)C2)cc1[N+](=O)[O-]. The minimum absolute atomic E-state index is 0.0835. The van der Waals surface area contributed by atoms with Crippen LogP contribution in [0.5, 0.6) is 0 Å². The summed E-state index contributed by atoms with van der Waals surface area (Å²) in [6.07, 6.45) is 1.78. The first kappa shape index (κ1) is 14.0. The average molecular weight is 289 g/mol. The van der Waals surface area contributed by atoms with Gasteiger partial charge in [-0.25, -0.2) is 0 Å². The number of carbonyl (C=O) groups is 1. The highest BCUT2D eigenvalue weighted by Crippen LogP contribution is 2.38. The van der Waals surface area contributed by atoms with Crippen LogP contribution in [0.4, 0.5) is 5.69 Å². The highest BCUT2D eigenvalue weighted by atomic mass is 16.6. The largest absolute Gasteiger partial charge is 0.319 e. The second-order valence-electron chi connectivity index (χ2n) is 6.12.